The van der Waals surface area contributed by atoms with Crippen molar-refractivity contribution >= 4 is 21.7 Å². The molecule has 7 aromatic carbocycles. The van der Waals surface area contributed by atoms with Crippen LogP contribution in [0, 0.1) is 20.8 Å². The van der Waals surface area contributed by atoms with Crippen LogP contribution in [-0.4, -0.2) is 4.57 Å². The van der Waals surface area contributed by atoms with Gasteiger partial charge in [0.2, 0.25) is 0 Å². The maximum Gasteiger partial charge on any atom is 0.0528 e. The van der Waals surface area contributed by atoms with Gasteiger partial charge in [0.25, 0.3) is 0 Å². The third kappa shape index (κ3) is 7.44. The molecule has 9 rings (SSSR count). The van der Waals surface area contributed by atoms with Crippen molar-refractivity contribution in [3.63, 3.8) is 0 Å². The van der Waals surface area contributed by atoms with E-state index in [9.17, 15) is 0 Å². The SMILES string of the molecule is CC.Cc1ccc(-c2ccccc2)cc1.Cc1ccc2c(c1)C(C)(C)c1cc(-n3ccc4ccccc43)ccc1-2.Cc1cccc2ccccc12. The first kappa shape index (κ1) is 35.2. The molecule has 0 saturated heterocycles. The molecule has 0 spiro atoms. The molecule has 1 heteroatoms. The molecule has 254 valence electrons. The minimum absolute atomic E-state index is 0.0374. The number of aromatic nitrogens is 1. The van der Waals surface area contributed by atoms with Crippen LogP contribution in [0.5, 0.6) is 0 Å². The van der Waals surface area contributed by atoms with E-state index in [4.69, 9.17) is 0 Å². The molecule has 8 aromatic rings. The fraction of sp³-hybridized carbons (Fsp3) is 0.160. The number of benzene rings is 7. The average molecular weight is 664 g/mol. The number of rotatable bonds is 2. The van der Waals surface area contributed by atoms with Crippen LogP contribution in [-0.2, 0) is 5.41 Å². The average Bonchev–Trinajstić information content (AvgIpc) is 3.70. The molecule has 0 radical (unpaired) electrons. The summed E-state index contributed by atoms with van der Waals surface area (Å²) in [6.45, 7) is 15.1. The van der Waals surface area contributed by atoms with Crippen LogP contribution in [0.3, 0.4) is 0 Å². The molecule has 0 saturated carbocycles. The molecular formula is C50H49N. The second-order valence-corrected chi connectivity index (χ2v) is 13.7. The molecule has 1 aromatic heterocycles. The number of hydrogen-bond donors (Lipinski definition) is 0. The number of nitrogens with zero attached hydrogens (tertiary/aromatic N) is 1. The topological polar surface area (TPSA) is 4.93 Å². The first-order valence-corrected chi connectivity index (χ1v) is 18.2. The zero-order chi connectivity index (χ0) is 36.0. The monoisotopic (exact) mass is 663 g/mol. The van der Waals surface area contributed by atoms with Crippen molar-refractivity contribution in [3.05, 3.63) is 198 Å². The van der Waals surface area contributed by atoms with Crippen LogP contribution < -0.4 is 0 Å². The van der Waals surface area contributed by atoms with Gasteiger partial charge in [0.05, 0.1) is 5.52 Å². The first-order valence-electron chi connectivity index (χ1n) is 18.2. The van der Waals surface area contributed by atoms with E-state index in [1.807, 2.05) is 19.9 Å². The van der Waals surface area contributed by atoms with Crippen LogP contribution in [0.25, 0.3) is 49.6 Å². The highest BCUT2D eigenvalue weighted by Gasteiger charge is 2.35. The molecule has 1 heterocycles. The number of hydrogen-bond acceptors (Lipinski definition) is 0. The summed E-state index contributed by atoms with van der Waals surface area (Å²) < 4.78 is 2.29. The lowest BCUT2D eigenvalue weighted by atomic mass is 9.82. The van der Waals surface area contributed by atoms with Crippen LogP contribution >= 0.6 is 0 Å². The summed E-state index contributed by atoms with van der Waals surface area (Å²) >= 11 is 0. The molecule has 0 aliphatic heterocycles. The van der Waals surface area contributed by atoms with E-state index in [0.717, 1.165) is 0 Å². The van der Waals surface area contributed by atoms with Crippen LogP contribution in [0.1, 0.15) is 55.5 Å². The number of aryl methyl sites for hydroxylation is 3. The second kappa shape index (κ2) is 15.5. The Hall–Kier alpha value is -5.66. The van der Waals surface area contributed by atoms with Gasteiger partial charge in [0.15, 0.2) is 0 Å². The van der Waals surface area contributed by atoms with Crippen LogP contribution in [0.2, 0.25) is 0 Å². The van der Waals surface area contributed by atoms with Gasteiger partial charge >= 0.3 is 0 Å². The lowest BCUT2D eigenvalue weighted by Crippen LogP contribution is -2.15. The Morgan fingerprint density at radius 3 is 1.75 bits per heavy atom. The fourth-order valence-corrected chi connectivity index (χ4v) is 7.06. The predicted octanol–water partition coefficient (Wildman–Crippen LogP) is 14.1. The Balaban J connectivity index is 0.000000144. The minimum Gasteiger partial charge on any atom is -0.317 e. The molecular weight excluding hydrogens is 615 g/mol. The smallest absolute Gasteiger partial charge is 0.0528 e. The zero-order valence-corrected chi connectivity index (χ0v) is 31.1. The summed E-state index contributed by atoms with van der Waals surface area (Å²) in [6, 6.07) is 58.4. The molecule has 1 aliphatic carbocycles. The number of fused-ring (bicyclic) bond motifs is 5. The fourth-order valence-electron chi connectivity index (χ4n) is 7.06. The summed E-state index contributed by atoms with van der Waals surface area (Å²) in [5.74, 6) is 0. The molecule has 1 aliphatic rings. The molecule has 0 amide bonds. The highest BCUT2D eigenvalue weighted by atomic mass is 15.0. The van der Waals surface area contributed by atoms with Crippen molar-refractivity contribution in [3.8, 4) is 27.9 Å². The van der Waals surface area contributed by atoms with Gasteiger partial charge in [0.1, 0.15) is 0 Å². The zero-order valence-electron chi connectivity index (χ0n) is 31.1. The molecule has 0 bridgehead atoms. The van der Waals surface area contributed by atoms with Crippen molar-refractivity contribution in [2.75, 3.05) is 0 Å². The summed E-state index contributed by atoms with van der Waals surface area (Å²) in [4.78, 5) is 0. The van der Waals surface area contributed by atoms with E-state index >= 15 is 0 Å². The largest absolute Gasteiger partial charge is 0.317 e. The molecule has 0 atom stereocenters. The number of para-hydroxylation sites is 1. The van der Waals surface area contributed by atoms with Gasteiger partial charge < -0.3 is 4.57 Å². The van der Waals surface area contributed by atoms with Crippen LogP contribution in [0.15, 0.2) is 170 Å². The van der Waals surface area contributed by atoms with Crippen LogP contribution in [0.4, 0.5) is 0 Å². The van der Waals surface area contributed by atoms with Gasteiger partial charge in [-0.2, -0.15) is 0 Å². The highest BCUT2D eigenvalue weighted by Crippen LogP contribution is 2.49. The van der Waals surface area contributed by atoms with E-state index in [2.05, 4.69) is 203 Å². The second-order valence-electron chi connectivity index (χ2n) is 13.7. The summed E-state index contributed by atoms with van der Waals surface area (Å²) in [5.41, 5.74) is 14.7. The Kier molecular flexibility index (Phi) is 10.7. The maximum atomic E-state index is 2.37. The van der Waals surface area contributed by atoms with Crippen molar-refractivity contribution in [1.29, 1.82) is 0 Å². The Bertz CT molecular complexity index is 2370. The van der Waals surface area contributed by atoms with E-state index < -0.39 is 0 Å². The van der Waals surface area contributed by atoms with Crippen molar-refractivity contribution in [1.82, 2.24) is 4.57 Å². The quantitative estimate of drug-likeness (QED) is 0.173. The Morgan fingerprint density at radius 2 is 1.02 bits per heavy atom. The molecule has 0 N–H and O–H groups in total. The molecule has 51 heavy (non-hydrogen) atoms. The maximum absolute atomic E-state index is 2.37. The van der Waals surface area contributed by atoms with E-state index in [0.29, 0.717) is 0 Å². The third-order valence-corrected chi connectivity index (χ3v) is 9.86. The van der Waals surface area contributed by atoms with E-state index in [1.165, 1.54) is 77.4 Å². The Morgan fingerprint density at radius 1 is 0.451 bits per heavy atom. The Labute approximate surface area is 304 Å². The van der Waals surface area contributed by atoms with Gasteiger partial charge in [-0.25, -0.2) is 0 Å². The van der Waals surface area contributed by atoms with Crippen molar-refractivity contribution < 1.29 is 0 Å². The summed E-state index contributed by atoms with van der Waals surface area (Å²) in [7, 11) is 0. The standard InChI is InChI=1S/C24H21N.C13H12.C11H10.C2H6/c1-16-8-10-19-20-11-9-18(15-22(20)24(2,3)21(19)14-16)25-13-12-17-6-4-5-7-23(17)25;1-11-7-9-13(10-8-11)12-5-3-2-4-6-12;1-9-5-4-7-10-6-2-3-8-11(9)10;1-2/h4-15H,1-3H3;2-10H,1H3;2-8H,1H3;1-2H3. The van der Waals surface area contributed by atoms with Gasteiger partial charge in [-0.1, -0.05) is 178 Å². The lowest BCUT2D eigenvalue weighted by Gasteiger charge is -2.22. The first-order chi connectivity index (χ1) is 24.8. The van der Waals surface area contributed by atoms with E-state index in [1.54, 1.807) is 0 Å². The van der Waals surface area contributed by atoms with Crippen molar-refractivity contribution in [2.24, 2.45) is 0 Å². The molecule has 0 unspecified atom stereocenters. The minimum atomic E-state index is 0.0374. The third-order valence-electron chi connectivity index (χ3n) is 9.86. The van der Waals surface area contributed by atoms with E-state index in [-0.39, 0.29) is 5.41 Å². The summed E-state index contributed by atoms with van der Waals surface area (Å²) in [6.07, 6.45) is 2.17. The molecule has 0 fully saturated rings. The van der Waals surface area contributed by atoms with Gasteiger partial charge in [-0.05, 0) is 100 Å². The van der Waals surface area contributed by atoms with Crippen molar-refractivity contribution in [2.45, 2.75) is 53.9 Å². The predicted molar refractivity (Wildman–Crippen MR) is 222 cm³/mol. The van der Waals surface area contributed by atoms with Gasteiger partial charge in [0, 0.05) is 17.3 Å². The normalized spacial score (nSPS) is 12.0. The van der Waals surface area contributed by atoms with Gasteiger partial charge in [-0.3, -0.25) is 0 Å². The van der Waals surface area contributed by atoms with Gasteiger partial charge in [-0.15, -0.1) is 0 Å². The lowest BCUT2D eigenvalue weighted by molar-refractivity contribution is 0.659. The molecule has 1 nitrogen and oxygen atoms in total. The summed E-state index contributed by atoms with van der Waals surface area (Å²) in [5, 5.41) is 3.96. The highest BCUT2D eigenvalue weighted by molar-refractivity contribution is 5.86.